The van der Waals surface area contributed by atoms with Crippen molar-refractivity contribution >= 4 is 22.7 Å². The molecular formula is C24H27FN2O3. The second-order valence-electron chi connectivity index (χ2n) is 8.11. The number of anilines is 1. The molecule has 158 valence electrons. The monoisotopic (exact) mass is 410 g/mol. The van der Waals surface area contributed by atoms with Crippen LogP contribution in [0.5, 0.6) is 5.75 Å². The van der Waals surface area contributed by atoms with E-state index in [1.807, 2.05) is 43.5 Å². The molecule has 0 aliphatic rings. The van der Waals surface area contributed by atoms with Gasteiger partial charge in [0.2, 0.25) is 0 Å². The molecule has 0 saturated heterocycles. The van der Waals surface area contributed by atoms with E-state index in [0.717, 1.165) is 17.6 Å². The van der Waals surface area contributed by atoms with Crippen molar-refractivity contribution in [2.75, 3.05) is 18.5 Å². The molecule has 6 heteroatoms. The number of carbonyl (C=O) groups is 1. The Hall–Kier alpha value is -3.28. The number of benzene rings is 2. The Labute approximate surface area is 176 Å². The van der Waals surface area contributed by atoms with E-state index in [1.54, 1.807) is 26.8 Å². The second-order valence-corrected chi connectivity index (χ2v) is 8.11. The fourth-order valence-electron chi connectivity index (χ4n) is 3.11. The highest BCUT2D eigenvalue weighted by atomic mass is 19.1. The van der Waals surface area contributed by atoms with Crippen molar-refractivity contribution in [2.45, 2.75) is 33.0 Å². The number of fused-ring (bicyclic) bond motifs is 1. The van der Waals surface area contributed by atoms with Gasteiger partial charge >= 0.3 is 6.09 Å². The number of carbonyl (C=O) groups excluding carboxylic acids is 1. The van der Waals surface area contributed by atoms with Crippen LogP contribution in [0, 0.1) is 5.82 Å². The summed E-state index contributed by atoms with van der Waals surface area (Å²) in [4.78, 5) is 14.9. The summed E-state index contributed by atoms with van der Waals surface area (Å²) in [6, 6.07) is 13.8. The SMILES string of the molecule is C=CCN(C)c1ccc(OCc2cc3ccc(F)cc3n2C(=O)OC(C)(C)C)cc1. The molecule has 0 saturated carbocycles. The average Bonchev–Trinajstić information content (AvgIpc) is 3.03. The first-order valence-electron chi connectivity index (χ1n) is 9.76. The smallest absolute Gasteiger partial charge is 0.419 e. The molecule has 0 fully saturated rings. The lowest BCUT2D eigenvalue weighted by atomic mass is 10.2. The Kier molecular flexibility index (Phi) is 6.15. The van der Waals surface area contributed by atoms with Crippen LogP contribution >= 0.6 is 0 Å². The van der Waals surface area contributed by atoms with E-state index in [1.165, 1.54) is 16.7 Å². The molecule has 1 aromatic heterocycles. The van der Waals surface area contributed by atoms with Crippen LogP contribution in [0.15, 0.2) is 61.2 Å². The zero-order valence-corrected chi connectivity index (χ0v) is 17.8. The lowest BCUT2D eigenvalue weighted by Gasteiger charge is -2.21. The largest absolute Gasteiger partial charge is 0.487 e. The molecule has 0 radical (unpaired) electrons. The topological polar surface area (TPSA) is 43.7 Å². The van der Waals surface area contributed by atoms with E-state index in [9.17, 15) is 9.18 Å². The molecule has 0 N–H and O–H groups in total. The van der Waals surface area contributed by atoms with E-state index in [4.69, 9.17) is 9.47 Å². The predicted molar refractivity (Wildman–Crippen MR) is 118 cm³/mol. The van der Waals surface area contributed by atoms with Crippen molar-refractivity contribution in [1.82, 2.24) is 4.57 Å². The summed E-state index contributed by atoms with van der Waals surface area (Å²) in [5.74, 6) is 0.245. The number of hydrogen-bond acceptors (Lipinski definition) is 4. The number of nitrogens with zero attached hydrogens (tertiary/aromatic N) is 2. The summed E-state index contributed by atoms with van der Waals surface area (Å²) in [7, 11) is 1.98. The Balaban J connectivity index is 1.85. The quantitative estimate of drug-likeness (QED) is 0.484. The van der Waals surface area contributed by atoms with E-state index in [0.29, 0.717) is 17.0 Å². The molecule has 3 rings (SSSR count). The van der Waals surface area contributed by atoms with Crippen LogP contribution in [-0.2, 0) is 11.3 Å². The van der Waals surface area contributed by atoms with E-state index in [2.05, 4.69) is 11.5 Å². The minimum atomic E-state index is -0.674. The first kappa shape index (κ1) is 21.4. The first-order valence-corrected chi connectivity index (χ1v) is 9.76. The third-order valence-electron chi connectivity index (χ3n) is 4.49. The van der Waals surface area contributed by atoms with Crippen LogP contribution in [0.2, 0.25) is 0 Å². The van der Waals surface area contributed by atoms with Gasteiger partial charge in [0.1, 0.15) is 23.8 Å². The lowest BCUT2D eigenvalue weighted by molar-refractivity contribution is 0.0535. The van der Waals surface area contributed by atoms with Crippen molar-refractivity contribution in [3.8, 4) is 5.75 Å². The van der Waals surface area contributed by atoms with Crippen molar-refractivity contribution in [2.24, 2.45) is 0 Å². The number of ether oxygens (including phenoxy) is 2. The Bertz CT molecular complexity index is 1050. The summed E-state index contributed by atoms with van der Waals surface area (Å²) in [5.41, 5.74) is 1.40. The lowest BCUT2D eigenvalue weighted by Crippen LogP contribution is -2.28. The fraction of sp³-hybridized carbons (Fsp3) is 0.292. The second kappa shape index (κ2) is 8.61. The molecule has 0 atom stereocenters. The third kappa shape index (κ3) is 5.00. The Morgan fingerprint density at radius 1 is 1.17 bits per heavy atom. The summed E-state index contributed by atoms with van der Waals surface area (Å²) < 4.78 is 26.6. The van der Waals surface area contributed by atoms with Gasteiger partial charge in [0.15, 0.2) is 0 Å². The molecule has 30 heavy (non-hydrogen) atoms. The van der Waals surface area contributed by atoms with Gasteiger partial charge in [-0.05, 0) is 69.3 Å². The standard InChI is InChI=1S/C24H27FN2O3/c1-6-13-26(5)19-9-11-21(12-10-19)29-16-20-14-17-7-8-18(25)15-22(17)27(20)23(28)30-24(2,3)4/h6-12,14-15H,1,13,16H2,2-5H3. The van der Waals surface area contributed by atoms with Gasteiger partial charge in [0.05, 0.1) is 11.2 Å². The normalized spacial score (nSPS) is 11.4. The Morgan fingerprint density at radius 3 is 2.50 bits per heavy atom. The molecule has 0 aliphatic carbocycles. The molecule has 0 spiro atoms. The fourth-order valence-corrected chi connectivity index (χ4v) is 3.11. The number of aromatic nitrogens is 1. The zero-order chi connectivity index (χ0) is 21.9. The number of hydrogen-bond donors (Lipinski definition) is 0. The predicted octanol–water partition coefficient (Wildman–Crippen LogP) is 5.76. The van der Waals surface area contributed by atoms with Gasteiger partial charge < -0.3 is 14.4 Å². The van der Waals surface area contributed by atoms with Gasteiger partial charge in [-0.3, -0.25) is 0 Å². The molecule has 0 unspecified atom stereocenters. The number of likely N-dealkylation sites (N-methyl/N-ethyl adjacent to an activating group) is 1. The van der Waals surface area contributed by atoms with Crippen molar-refractivity contribution in [3.63, 3.8) is 0 Å². The van der Waals surface area contributed by atoms with Crippen molar-refractivity contribution in [3.05, 3.63) is 72.7 Å². The van der Waals surface area contributed by atoms with Gasteiger partial charge in [-0.15, -0.1) is 6.58 Å². The number of halogens is 1. The third-order valence-corrected chi connectivity index (χ3v) is 4.49. The molecule has 0 aliphatic heterocycles. The maximum atomic E-state index is 13.8. The molecule has 0 bridgehead atoms. The van der Waals surface area contributed by atoms with Gasteiger partial charge in [0.25, 0.3) is 0 Å². The molecule has 1 heterocycles. The van der Waals surface area contributed by atoms with Crippen LogP contribution in [0.3, 0.4) is 0 Å². The van der Waals surface area contributed by atoms with Gasteiger partial charge in [-0.2, -0.15) is 0 Å². The summed E-state index contributed by atoms with van der Waals surface area (Å²) >= 11 is 0. The zero-order valence-electron chi connectivity index (χ0n) is 17.8. The number of rotatable bonds is 6. The molecule has 2 aromatic carbocycles. The van der Waals surface area contributed by atoms with Crippen LogP contribution < -0.4 is 9.64 Å². The maximum absolute atomic E-state index is 13.8. The molecule has 3 aromatic rings. The highest BCUT2D eigenvalue weighted by molar-refractivity contribution is 5.91. The van der Waals surface area contributed by atoms with E-state index >= 15 is 0 Å². The molecular weight excluding hydrogens is 383 g/mol. The maximum Gasteiger partial charge on any atom is 0.419 e. The van der Waals surface area contributed by atoms with Crippen LogP contribution in [0.25, 0.3) is 10.9 Å². The van der Waals surface area contributed by atoms with Gasteiger partial charge in [-0.1, -0.05) is 6.08 Å². The van der Waals surface area contributed by atoms with Crippen molar-refractivity contribution < 1.29 is 18.7 Å². The summed E-state index contributed by atoms with van der Waals surface area (Å²) in [5, 5.41) is 0.738. The van der Waals surface area contributed by atoms with Gasteiger partial charge in [0, 0.05) is 24.7 Å². The van der Waals surface area contributed by atoms with E-state index in [-0.39, 0.29) is 6.61 Å². The molecule has 0 amide bonds. The highest BCUT2D eigenvalue weighted by Crippen LogP contribution is 2.25. The van der Waals surface area contributed by atoms with Crippen LogP contribution in [-0.4, -0.2) is 29.9 Å². The summed E-state index contributed by atoms with van der Waals surface area (Å²) in [6.45, 7) is 9.99. The van der Waals surface area contributed by atoms with Crippen molar-refractivity contribution in [1.29, 1.82) is 0 Å². The van der Waals surface area contributed by atoms with Crippen LogP contribution in [0.1, 0.15) is 26.5 Å². The minimum absolute atomic E-state index is 0.136. The van der Waals surface area contributed by atoms with Gasteiger partial charge in [-0.25, -0.2) is 13.8 Å². The Morgan fingerprint density at radius 2 is 1.87 bits per heavy atom. The summed E-state index contributed by atoms with van der Waals surface area (Å²) in [6.07, 6.45) is 1.27. The highest BCUT2D eigenvalue weighted by Gasteiger charge is 2.22. The first-order chi connectivity index (χ1) is 14.2. The average molecular weight is 410 g/mol. The van der Waals surface area contributed by atoms with Crippen LogP contribution in [0.4, 0.5) is 14.9 Å². The van der Waals surface area contributed by atoms with E-state index < -0.39 is 17.5 Å². The minimum Gasteiger partial charge on any atom is -0.487 e. The molecule has 5 nitrogen and oxygen atoms in total.